The lowest BCUT2D eigenvalue weighted by Gasteiger charge is -2.20. The quantitative estimate of drug-likeness (QED) is 0.794. The van der Waals surface area contributed by atoms with Crippen molar-refractivity contribution >= 4 is 34.4 Å². The van der Waals surface area contributed by atoms with Crippen LogP contribution in [0, 0.1) is 0 Å². The maximum Gasteiger partial charge on any atom is 0.282 e. The minimum Gasteiger partial charge on any atom is -0.395 e. The van der Waals surface area contributed by atoms with Crippen LogP contribution in [-0.4, -0.2) is 42.0 Å². The van der Waals surface area contributed by atoms with Gasteiger partial charge in [0.2, 0.25) is 0 Å². The lowest BCUT2D eigenvalue weighted by molar-refractivity contribution is -0.120. The Morgan fingerprint density at radius 1 is 1.12 bits per heavy atom. The van der Waals surface area contributed by atoms with Crippen molar-refractivity contribution in [3.63, 3.8) is 0 Å². The highest BCUT2D eigenvalue weighted by molar-refractivity contribution is 7.11. The molecule has 1 aliphatic rings. The Balaban J connectivity index is 2.04. The van der Waals surface area contributed by atoms with Crippen LogP contribution in [-0.2, 0) is 9.59 Å². The molecule has 0 radical (unpaired) electrons. The van der Waals surface area contributed by atoms with Crippen LogP contribution in [0.25, 0.3) is 5.57 Å². The molecule has 1 aliphatic heterocycles. The van der Waals surface area contributed by atoms with Crippen molar-refractivity contribution in [2.75, 3.05) is 25.1 Å². The fourth-order valence-corrected chi connectivity index (χ4v) is 3.78. The predicted octanol–water partition coefficient (Wildman–Crippen LogP) is 3.08. The summed E-state index contributed by atoms with van der Waals surface area (Å²) in [5, 5.41) is 11.1. The molecule has 26 heavy (non-hydrogen) atoms. The third kappa shape index (κ3) is 3.18. The monoisotopic (exact) mass is 370 g/mol. The van der Waals surface area contributed by atoms with Crippen molar-refractivity contribution in [2.24, 2.45) is 0 Å². The topological polar surface area (TPSA) is 60.9 Å². The van der Waals surface area contributed by atoms with Gasteiger partial charge in [0.05, 0.1) is 17.9 Å². The molecule has 0 unspecified atom stereocenters. The minimum absolute atomic E-state index is 0.0950. The van der Waals surface area contributed by atoms with Gasteiger partial charge in [-0.3, -0.25) is 9.59 Å². The maximum absolute atomic E-state index is 13.1. The first-order chi connectivity index (χ1) is 12.5. The van der Waals surface area contributed by atoms with Crippen LogP contribution in [0.4, 0.5) is 5.69 Å². The van der Waals surface area contributed by atoms with Crippen LogP contribution in [0.2, 0.25) is 0 Å². The Labute approximate surface area is 157 Å². The number of aliphatic hydroxyl groups is 1. The van der Waals surface area contributed by atoms with E-state index in [1.54, 1.807) is 11.9 Å². The van der Waals surface area contributed by atoms with Crippen molar-refractivity contribution < 1.29 is 14.7 Å². The minimum atomic E-state index is -0.355. The first kappa shape index (κ1) is 18.4. The molecule has 0 spiro atoms. The normalized spacial score (nSPS) is 14.7. The zero-order valence-corrected chi connectivity index (χ0v) is 15.9. The molecular formula is C20H22N2O3S. The Morgan fingerprint density at radius 3 is 2.35 bits per heavy atom. The summed E-state index contributed by atoms with van der Waals surface area (Å²) in [6.07, 6.45) is 0. The second kappa shape index (κ2) is 7.43. The van der Waals surface area contributed by atoms with E-state index in [9.17, 15) is 14.7 Å². The first-order valence-electron chi connectivity index (χ1n) is 8.54. The molecule has 0 saturated carbocycles. The average Bonchev–Trinajstić information content (AvgIpc) is 3.21. The van der Waals surface area contributed by atoms with E-state index in [-0.39, 0.29) is 25.0 Å². The lowest BCUT2D eigenvalue weighted by atomic mass is 10.0. The number of aliphatic hydroxyl groups excluding tert-OH is 1. The summed E-state index contributed by atoms with van der Waals surface area (Å²) in [7, 11) is 1.72. The standard InChI is InChI=1S/C20H22N2O3S/c1-13(2)14-6-8-15(9-7-14)22-19(24)17(16-5-4-12-26-16)18(20(22)25)21(3)10-11-23/h4-9,12-13,23H,10-11H2,1-3H3. The van der Waals surface area contributed by atoms with Crippen LogP contribution in [0.15, 0.2) is 47.5 Å². The Hall–Kier alpha value is -2.44. The fourth-order valence-electron chi connectivity index (χ4n) is 3.02. The van der Waals surface area contributed by atoms with Gasteiger partial charge in [-0.1, -0.05) is 32.0 Å². The largest absolute Gasteiger partial charge is 0.395 e. The number of hydrogen-bond donors (Lipinski definition) is 1. The van der Waals surface area contributed by atoms with Gasteiger partial charge < -0.3 is 10.0 Å². The summed E-state index contributed by atoms with van der Waals surface area (Å²) in [6.45, 7) is 4.38. The number of likely N-dealkylation sites (N-methyl/N-ethyl adjacent to an activating group) is 1. The van der Waals surface area contributed by atoms with E-state index in [0.29, 0.717) is 22.9 Å². The molecule has 3 rings (SSSR count). The van der Waals surface area contributed by atoms with Gasteiger partial charge in [0, 0.05) is 18.5 Å². The molecule has 1 N–H and O–H groups in total. The molecule has 136 valence electrons. The maximum atomic E-state index is 13.1. The van der Waals surface area contributed by atoms with E-state index < -0.39 is 0 Å². The molecule has 5 nitrogen and oxygen atoms in total. The summed E-state index contributed by atoms with van der Waals surface area (Å²) < 4.78 is 0. The first-order valence-corrected chi connectivity index (χ1v) is 9.42. The fraction of sp³-hybridized carbons (Fsp3) is 0.300. The number of amides is 2. The molecule has 1 aromatic carbocycles. The number of carbonyl (C=O) groups is 2. The number of rotatable bonds is 6. The van der Waals surface area contributed by atoms with E-state index in [4.69, 9.17) is 0 Å². The van der Waals surface area contributed by atoms with E-state index in [1.807, 2.05) is 41.8 Å². The van der Waals surface area contributed by atoms with Crippen LogP contribution in [0.1, 0.15) is 30.2 Å². The van der Waals surface area contributed by atoms with Gasteiger partial charge in [0.1, 0.15) is 5.70 Å². The number of carbonyl (C=O) groups excluding carboxylic acids is 2. The van der Waals surface area contributed by atoms with Gasteiger partial charge >= 0.3 is 0 Å². The Kier molecular flexibility index (Phi) is 5.25. The summed E-state index contributed by atoms with van der Waals surface area (Å²) in [5.41, 5.74) is 2.44. The summed E-state index contributed by atoms with van der Waals surface area (Å²) in [5.74, 6) is -0.304. The van der Waals surface area contributed by atoms with Crippen LogP contribution in [0.5, 0.6) is 0 Å². The van der Waals surface area contributed by atoms with Gasteiger partial charge in [-0.25, -0.2) is 4.90 Å². The average molecular weight is 370 g/mol. The SMILES string of the molecule is CC(C)c1ccc(N2C(=O)C(c3cccs3)=C(N(C)CCO)C2=O)cc1. The highest BCUT2D eigenvalue weighted by Gasteiger charge is 2.42. The predicted molar refractivity (Wildman–Crippen MR) is 104 cm³/mol. The smallest absolute Gasteiger partial charge is 0.282 e. The van der Waals surface area contributed by atoms with Crippen LogP contribution in [0.3, 0.4) is 0 Å². The van der Waals surface area contributed by atoms with Crippen molar-refractivity contribution in [3.05, 3.63) is 57.9 Å². The number of thiophene rings is 1. The highest BCUT2D eigenvalue weighted by atomic mass is 32.1. The van der Waals surface area contributed by atoms with Crippen molar-refractivity contribution in [1.82, 2.24) is 4.90 Å². The Morgan fingerprint density at radius 2 is 1.81 bits per heavy atom. The second-order valence-corrected chi connectivity index (χ2v) is 7.49. The van der Waals surface area contributed by atoms with E-state index in [0.717, 1.165) is 10.4 Å². The van der Waals surface area contributed by atoms with Crippen LogP contribution < -0.4 is 4.90 Å². The lowest BCUT2D eigenvalue weighted by Crippen LogP contribution is -2.34. The summed E-state index contributed by atoms with van der Waals surface area (Å²) >= 11 is 1.42. The van der Waals surface area contributed by atoms with Crippen molar-refractivity contribution in [1.29, 1.82) is 0 Å². The van der Waals surface area contributed by atoms with Gasteiger partial charge in [0.25, 0.3) is 11.8 Å². The Bertz CT molecular complexity index is 838. The zero-order valence-electron chi connectivity index (χ0n) is 15.1. The van der Waals surface area contributed by atoms with E-state index >= 15 is 0 Å². The third-order valence-electron chi connectivity index (χ3n) is 4.46. The van der Waals surface area contributed by atoms with Gasteiger partial charge in [-0.2, -0.15) is 0 Å². The molecule has 1 aromatic heterocycles. The van der Waals surface area contributed by atoms with E-state index in [1.165, 1.54) is 16.2 Å². The third-order valence-corrected chi connectivity index (χ3v) is 5.35. The van der Waals surface area contributed by atoms with Crippen molar-refractivity contribution in [3.8, 4) is 0 Å². The van der Waals surface area contributed by atoms with Crippen LogP contribution >= 0.6 is 11.3 Å². The summed E-state index contributed by atoms with van der Waals surface area (Å²) in [4.78, 5) is 29.8. The van der Waals surface area contributed by atoms with E-state index in [2.05, 4.69) is 13.8 Å². The molecule has 0 aliphatic carbocycles. The number of hydrogen-bond acceptors (Lipinski definition) is 5. The van der Waals surface area contributed by atoms with Crippen molar-refractivity contribution in [2.45, 2.75) is 19.8 Å². The molecular weight excluding hydrogens is 348 g/mol. The molecule has 0 saturated heterocycles. The number of nitrogens with zero attached hydrogens (tertiary/aromatic N) is 2. The highest BCUT2D eigenvalue weighted by Crippen LogP contribution is 2.36. The molecule has 6 heteroatoms. The number of benzene rings is 1. The molecule has 2 aromatic rings. The molecule has 2 heterocycles. The molecule has 0 fully saturated rings. The second-order valence-electron chi connectivity index (χ2n) is 6.54. The summed E-state index contributed by atoms with van der Waals surface area (Å²) in [6, 6.07) is 11.2. The molecule has 0 atom stereocenters. The molecule has 2 amide bonds. The number of anilines is 1. The van der Waals surface area contributed by atoms with Gasteiger partial charge in [-0.05, 0) is 35.1 Å². The zero-order chi connectivity index (χ0) is 18.8. The molecule has 0 bridgehead atoms. The number of imide groups is 1. The van der Waals surface area contributed by atoms with Gasteiger partial charge in [-0.15, -0.1) is 11.3 Å². The van der Waals surface area contributed by atoms with Gasteiger partial charge in [0.15, 0.2) is 0 Å².